The van der Waals surface area contributed by atoms with Crippen LogP contribution in [0.15, 0.2) is 38.0 Å². The molecule has 0 radical (unpaired) electrons. The Hall–Kier alpha value is -3.06. The summed E-state index contributed by atoms with van der Waals surface area (Å²) in [5.41, 5.74) is -0.817. The van der Waals surface area contributed by atoms with Crippen LogP contribution in [-0.4, -0.2) is 91.2 Å². The number of carbonyl (C=O) groups is 4. The van der Waals surface area contributed by atoms with Crippen molar-refractivity contribution in [3.05, 3.63) is 38.0 Å². The van der Waals surface area contributed by atoms with Crippen LogP contribution >= 0.6 is 0 Å². The fourth-order valence-electron chi connectivity index (χ4n) is 5.99. The van der Waals surface area contributed by atoms with Gasteiger partial charge in [-0.3, -0.25) is 4.79 Å². The van der Waals surface area contributed by atoms with Gasteiger partial charge in [0.2, 0.25) is 0 Å². The Kier molecular flexibility index (Phi) is 16.4. The van der Waals surface area contributed by atoms with E-state index in [0.717, 1.165) is 37.5 Å². The average molecular weight is 561 g/mol. The molecular weight excluding hydrogens is 516 g/mol. The average Bonchev–Trinajstić information content (AvgIpc) is 2.85. The number of carboxylic acids is 4. The van der Waals surface area contributed by atoms with Crippen molar-refractivity contribution in [2.45, 2.75) is 52.4 Å². The molecule has 0 spiro atoms. The minimum absolute atomic E-state index is 0.326. The molecule has 0 aromatic heterocycles. The lowest BCUT2D eigenvalue weighted by atomic mass is 9.40. The molecule has 0 amide bonds. The molecule has 4 aliphatic carbocycles. The quantitative estimate of drug-likeness (QED) is 0.199. The van der Waals surface area contributed by atoms with Crippen LogP contribution in [0.5, 0.6) is 0 Å². The predicted octanol–water partition coefficient (Wildman–Crippen LogP) is 1.78. The van der Waals surface area contributed by atoms with E-state index in [9.17, 15) is 24.3 Å². The first-order valence-electron chi connectivity index (χ1n) is 12.1. The minimum Gasteiger partial charge on any atom is -0.481 e. The molecule has 4 fully saturated rings. The van der Waals surface area contributed by atoms with E-state index >= 15 is 0 Å². The molecule has 4 aliphatic rings. The summed E-state index contributed by atoms with van der Waals surface area (Å²) in [6, 6.07) is 0. The van der Waals surface area contributed by atoms with Crippen molar-refractivity contribution < 1.29 is 60.0 Å². The second-order valence-corrected chi connectivity index (χ2v) is 11.0. The molecule has 0 heterocycles. The summed E-state index contributed by atoms with van der Waals surface area (Å²) in [4.78, 5) is 39.3. The smallest absolute Gasteiger partial charge is 0.327 e. The normalized spacial score (nSPS) is 27.2. The van der Waals surface area contributed by atoms with Crippen LogP contribution in [0, 0.1) is 27.6 Å². The van der Waals surface area contributed by atoms with Gasteiger partial charge in [-0.1, -0.05) is 33.6 Å². The molecular formula is C27H44O12. The number of hydrogen-bond acceptors (Lipinski definition) is 8. The van der Waals surface area contributed by atoms with Crippen LogP contribution in [0.25, 0.3) is 0 Å². The topological polar surface area (TPSA) is 230 Å². The number of rotatable bonds is 8. The van der Waals surface area contributed by atoms with Gasteiger partial charge in [0.1, 0.15) is 0 Å². The SMILES string of the molecule is C=CC(=O)O.C=CC(=O)O.C=CC(=O)O.CC12CC3CC(C)(C1)CC(C(=O)O)(C3)C2.OCC(CO)(CO)CO. The predicted molar refractivity (Wildman–Crippen MR) is 142 cm³/mol. The van der Waals surface area contributed by atoms with Gasteiger partial charge in [-0.15, -0.1) is 0 Å². The Balaban J connectivity index is 0. The first-order chi connectivity index (χ1) is 17.9. The standard InChI is InChI=1S/C13H20O2.C5H12O4.3C3H4O2/c1-11-3-9-4-12(2,6-11)8-13(5-9,7-11)10(14)15;6-1-5(2-7,3-8)4-9;3*1-2-3(4)5/h9H,3-8H2,1-2H3,(H,14,15);6-9H,1-4H2;3*2H,1H2,(H,4,5). The van der Waals surface area contributed by atoms with Gasteiger partial charge in [-0.25, -0.2) is 14.4 Å². The first kappa shape index (κ1) is 38.1. The van der Waals surface area contributed by atoms with E-state index in [2.05, 4.69) is 33.6 Å². The maximum atomic E-state index is 11.5. The molecule has 0 aliphatic heterocycles. The highest BCUT2D eigenvalue weighted by Gasteiger charge is 2.62. The Bertz CT molecular complexity index is 783. The van der Waals surface area contributed by atoms with Crippen LogP contribution in [0.3, 0.4) is 0 Å². The summed E-state index contributed by atoms with van der Waals surface area (Å²) < 4.78 is 0. The van der Waals surface area contributed by atoms with Crippen molar-refractivity contribution in [1.29, 1.82) is 0 Å². The van der Waals surface area contributed by atoms with Gasteiger partial charge in [-0.05, 0) is 55.3 Å². The maximum absolute atomic E-state index is 11.5. The van der Waals surface area contributed by atoms with E-state index in [1.165, 1.54) is 19.3 Å². The fourth-order valence-corrected chi connectivity index (χ4v) is 5.99. The van der Waals surface area contributed by atoms with Crippen molar-refractivity contribution in [3.63, 3.8) is 0 Å². The number of aliphatic hydroxyl groups is 4. The van der Waals surface area contributed by atoms with Crippen molar-refractivity contribution in [3.8, 4) is 0 Å². The molecule has 12 nitrogen and oxygen atoms in total. The zero-order valence-corrected chi connectivity index (χ0v) is 22.7. The molecule has 0 aromatic carbocycles. The van der Waals surface area contributed by atoms with Crippen LogP contribution in [0.2, 0.25) is 0 Å². The van der Waals surface area contributed by atoms with E-state index in [0.29, 0.717) is 16.7 Å². The third-order valence-electron chi connectivity index (χ3n) is 6.95. The number of aliphatic hydroxyl groups excluding tert-OH is 4. The highest BCUT2D eigenvalue weighted by molar-refractivity contribution is 5.79. The molecule has 0 aromatic rings. The summed E-state index contributed by atoms with van der Waals surface area (Å²) in [5, 5.41) is 66.3. The minimum atomic E-state index is -1.11. The molecule has 4 saturated carbocycles. The van der Waals surface area contributed by atoms with Crippen LogP contribution < -0.4 is 0 Å². The van der Waals surface area contributed by atoms with Gasteiger partial charge in [0.25, 0.3) is 0 Å². The van der Waals surface area contributed by atoms with Gasteiger partial charge in [0.15, 0.2) is 0 Å². The molecule has 8 N–H and O–H groups in total. The zero-order valence-electron chi connectivity index (χ0n) is 22.7. The van der Waals surface area contributed by atoms with E-state index < -0.39 is 55.7 Å². The Morgan fingerprint density at radius 3 is 1.10 bits per heavy atom. The molecule has 2 unspecified atom stereocenters. The van der Waals surface area contributed by atoms with Gasteiger partial charge < -0.3 is 40.9 Å². The lowest BCUT2D eigenvalue weighted by Gasteiger charge is -2.63. The second-order valence-electron chi connectivity index (χ2n) is 11.0. The summed E-state index contributed by atoms with van der Waals surface area (Å²) in [6.07, 6.45) is 9.12. The lowest BCUT2D eigenvalue weighted by molar-refractivity contribution is -0.185. The largest absolute Gasteiger partial charge is 0.481 e. The first-order valence-corrected chi connectivity index (χ1v) is 12.1. The highest BCUT2D eigenvalue weighted by Crippen LogP contribution is 2.69. The molecule has 4 rings (SSSR count). The van der Waals surface area contributed by atoms with Crippen molar-refractivity contribution >= 4 is 23.9 Å². The van der Waals surface area contributed by atoms with Crippen molar-refractivity contribution in [1.82, 2.24) is 0 Å². The van der Waals surface area contributed by atoms with Crippen molar-refractivity contribution in [2.24, 2.45) is 27.6 Å². The van der Waals surface area contributed by atoms with Gasteiger partial charge in [0.05, 0.1) is 37.3 Å². The van der Waals surface area contributed by atoms with E-state index in [1.807, 2.05) is 0 Å². The molecule has 39 heavy (non-hydrogen) atoms. The summed E-state index contributed by atoms with van der Waals surface area (Å²) in [6.45, 7) is 11.9. The number of hydrogen-bond donors (Lipinski definition) is 8. The van der Waals surface area contributed by atoms with Crippen LogP contribution in [0.1, 0.15) is 52.4 Å². The zero-order chi connectivity index (χ0) is 31.1. The lowest BCUT2D eigenvalue weighted by Crippen LogP contribution is -2.57. The van der Waals surface area contributed by atoms with Gasteiger partial charge in [0, 0.05) is 18.2 Å². The fraction of sp³-hybridized carbons (Fsp3) is 0.630. The van der Waals surface area contributed by atoms with Gasteiger partial charge >= 0.3 is 23.9 Å². The maximum Gasteiger partial charge on any atom is 0.327 e. The molecule has 224 valence electrons. The van der Waals surface area contributed by atoms with E-state index in [1.54, 1.807) is 0 Å². The summed E-state index contributed by atoms with van der Waals surface area (Å²) in [7, 11) is 0. The monoisotopic (exact) mass is 560 g/mol. The molecule has 2 atom stereocenters. The molecule has 0 saturated heterocycles. The Morgan fingerprint density at radius 2 is 0.949 bits per heavy atom. The third kappa shape index (κ3) is 13.0. The number of aliphatic carboxylic acids is 4. The van der Waals surface area contributed by atoms with Crippen LogP contribution in [-0.2, 0) is 19.2 Å². The van der Waals surface area contributed by atoms with Crippen LogP contribution in [0.4, 0.5) is 0 Å². The Labute approximate surface area is 228 Å². The summed E-state index contributed by atoms with van der Waals surface area (Å²) in [5.74, 6) is -2.78. The Morgan fingerprint density at radius 1 is 0.667 bits per heavy atom. The van der Waals surface area contributed by atoms with Gasteiger partial charge in [-0.2, -0.15) is 0 Å². The van der Waals surface area contributed by atoms with Crippen molar-refractivity contribution in [2.75, 3.05) is 26.4 Å². The molecule has 4 bridgehead atoms. The highest BCUT2D eigenvalue weighted by atomic mass is 16.4. The summed E-state index contributed by atoms with van der Waals surface area (Å²) >= 11 is 0. The van der Waals surface area contributed by atoms with E-state index in [-0.39, 0.29) is 5.41 Å². The third-order valence-corrected chi connectivity index (χ3v) is 6.95. The number of carboxylic acid groups (broad SMARTS) is 4. The second kappa shape index (κ2) is 16.8. The molecule has 12 heteroatoms. The van der Waals surface area contributed by atoms with E-state index in [4.69, 9.17) is 35.7 Å².